The van der Waals surface area contributed by atoms with Gasteiger partial charge >= 0.3 is 0 Å². The molecule has 20 heavy (non-hydrogen) atoms. The summed E-state index contributed by atoms with van der Waals surface area (Å²) in [5.74, 6) is 0.333. The fraction of sp³-hybridized carbons (Fsp3) is 0.235. The van der Waals surface area contributed by atoms with Crippen molar-refractivity contribution in [3.05, 3.63) is 65.2 Å². The summed E-state index contributed by atoms with van der Waals surface area (Å²) in [7, 11) is 0. The lowest BCUT2D eigenvalue weighted by atomic mass is 10.0. The van der Waals surface area contributed by atoms with Gasteiger partial charge < -0.3 is 10.4 Å². The first-order valence-corrected chi connectivity index (χ1v) is 6.70. The van der Waals surface area contributed by atoms with Gasteiger partial charge in [-0.05, 0) is 42.2 Å². The smallest absolute Gasteiger partial charge is 0.251 e. The minimum absolute atomic E-state index is 0.106. The van der Waals surface area contributed by atoms with Crippen molar-refractivity contribution < 1.29 is 9.90 Å². The third kappa shape index (κ3) is 3.38. The number of aromatic hydroxyl groups is 1. The lowest BCUT2D eigenvalue weighted by Gasteiger charge is -2.14. The van der Waals surface area contributed by atoms with E-state index in [4.69, 9.17) is 0 Å². The number of amides is 1. The van der Waals surface area contributed by atoms with Crippen LogP contribution in [0.2, 0.25) is 0 Å². The van der Waals surface area contributed by atoms with Gasteiger partial charge in [0, 0.05) is 12.1 Å². The molecule has 0 spiro atoms. The highest BCUT2D eigenvalue weighted by molar-refractivity contribution is 5.95. The molecule has 104 valence electrons. The van der Waals surface area contributed by atoms with Crippen molar-refractivity contribution in [3.8, 4) is 5.75 Å². The average molecular weight is 269 g/mol. The molecule has 0 aliphatic rings. The molecule has 3 nitrogen and oxygen atoms in total. The van der Waals surface area contributed by atoms with Crippen LogP contribution in [0.1, 0.15) is 34.3 Å². The molecular formula is C17H19NO2. The van der Waals surface area contributed by atoms with Crippen LogP contribution in [0.3, 0.4) is 0 Å². The van der Waals surface area contributed by atoms with E-state index < -0.39 is 0 Å². The molecule has 1 unspecified atom stereocenters. The second-order valence-corrected chi connectivity index (χ2v) is 5.02. The van der Waals surface area contributed by atoms with Gasteiger partial charge in [0.1, 0.15) is 5.75 Å². The van der Waals surface area contributed by atoms with Gasteiger partial charge in [0.2, 0.25) is 0 Å². The van der Waals surface area contributed by atoms with Crippen LogP contribution in [-0.2, 0) is 0 Å². The van der Waals surface area contributed by atoms with E-state index in [9.17, 15) is 9.90 Å². The Balaban J connectivity index is 1.99. The van der Waals surface area contributed by atoms with Gasteiger partial charge in [-0.15, -0.1) is 0 Å². The van der Waals surface area contributed by atoms with Crippen LogP contribution in [-0.4, -0.2) is 17.6 Å². The first kappa shape index (κ1) is 14.1. The second kappa shape index (κ2) is 6.24. The van der Waals surface area contributed by atoms with Gasteiger partial charge in [0.15, 0.2) is 0 Å². The molecule has 3 heteroatoms. The Hall–Kier alpha value is -2.29. The lowest BCUT2D eigenvalue weighted by molar-refractivity contribution is 0.0951. The maximum absolute atomic E-state index is 12.1. The van der Waals surface area contributed by atoms with Crippen LogP contribution in [0.15, 0.2) is 48.5 Å². The average Bonchev–Trinajstić information content (AvgIpc) is 2.45. The number of benzene rings is 2. The molecule has 0 aliphatic carbocycles. The molecular weight excluding hydrogens is 250 g/mol. The number of hydrogen-bond donors (Lipinski definition) is 2. The standard InChI is InChI=1S/C17H19NO2/c1-12-10-15(19)8-9-16(12)17(20)18-11-13(2)14-6-4-3-5-7-14/h3-10,13,19H,11H2,1-2H3,(H,18,20). The van der Waals surface area contributed by atoms with Gasteiger partial charge in [-0.1, -0.05) is 37.3 Å². The molecule has 2 rings (SSSR count). The summed E-state index contributed by atoms with van der Waals surface area (Å²) in [5, 5.41) is 12.3. The Kier molecular flexibility index (Phi) is 4.41. The normalized spacial score (nSPS) is 11.9. The summed E-state index contributed by atoms with van der Waals surface area (Å²) in [6, 6.07) is 14.9. The highest BCUT2D eigenvalue weighted by Gasteiger charge is 2.11. The molecule has 0 fully saturated rings. The molecule has 2 aromatic rings. The Morgan fingerprint density at radius 2 is 1.90 bits per heavy atom. The molecule has 0 aromatic heterocycles. The van der Waals surface area contributed by atoms with Gasteiger partial charge in [-0.2, -0.15) is 0 Å². The minimum Gasteiger partial charge on any atom is -0.508 e. The van der Waals surface area contributed by atoms with E-state index in [1.54, 1.807) is 12.1 Å². The van der Waals surface area contributed by atoms with Gasteiger partial charge in [0.25, 0.3) is 5.91 Å². The van der Waals surface area contributed by atoms with Crippen LogP contribution < -0.4 is 5.32 Å². The maximum Gasteiger partial charge on any atom is 0.251 e. The summed E-state index contributed by atoms with van der Waals surface area (Å²) < 4.78 is 0. The molecule has 1 amide bonds. The summed E-state index contributed by atoms with van der Waals surface area (Å²) in [5.41, 5.74) is 2.58. The molecule has 0 saturated heterocycles. The number of phenols is 1. The number of aryl methyl sites for hydroxylation is 1. The highest BCUT2D eigenvalue weighted by Crippen LogP contribution is 2.17. The third-order valence-electron chi connectivity index (χ3n) is 3.39. The molecule has 2 aromatic carbocycles. The maximum atomic E-state index is 12.1. The van der Waals surface area contributed by atoms with Gasteiger partial charge in [-0.3, -0.25) is 4.79 Å². The first-order valence-electron chi connectivity index (χ1n) is 6.70. The highest BCUT2D eigenvalue weighted by atomic mass is 16.3. The van der Waals surface area contributed by atoms with E-state index in [1.165, 1.54) is 11.6 Å². The fourth-order valence-corrected chi connectivity index (χ4v) is 2.14. The number of phenolic OH excluding ortho intramolecular Hbond substituents is 1. The molecule has 1 atom stereocenters. The summed E-state index contributed by atoms with van der Waals surface area (Å²) in [6.45, 7) is 4.48. The number of rotatable bonds is 4. The van der Waals surface area contributed by atoms with Crippen LogP contribution >= 0.6 is 0 Å². The summed E-state index contributed by atoms with van der Waals surface area (Å²) in [6.07, 6.45) is 0. The van der Waals surface area contributed by atoms with Crippen molar-refractivity contribution in [1.82, 2.24) is 5.32 Å². The molecule has 0 heterocycles. The Labute approximate surface area is 119 Å². The summed E-state index contributed by atoms with van der Waals surface area (Å²) in [4.78, 5) is 12.1. The zero-order valence-corrected chi connectivity index (χ0v) is 11.8. The van der Waals surface area contributed by atoms with E-state index in [-0.39, 0.29) is 17.6 Å². The van der Waals surface area contributed by atoms with Crippen molar-refractivity contribution in [3.63, 3.8) is 0 Å². The monoisotopic (exact) mass is 269 g/mol. The van der Waals surface area contributed by atoms with Crippen LogP contribution in [0.5, 0.6) is 5.75 Å². The zero-order chi connectivity index (χ0) is 14.5. The van der Waals surface area contributed by atoms with Crippen molar-refractivity contribution >= 4 is 5.91 Å². The Morgan fingerprint density at radius 1 is 1.20 bits per heavy atom. The zero-order valence-electron chi connectivity index (χ0n) is 11.8. The number of nitrogens with one attached hydrogen (secondary N) is 1. The predicted molar refractivity (Wildman–Crippen MR) is 80.0 cm³/mol. The molecule has 0 aliphatic heterocycles. The van der Waals surface area contributed by atoms with Gasteiger partial charge in [-0.25, -0.2) is 0 Å². The van der Waals surface area contributed by atoms with Crippen molar-refractivity contribution in [2.45, 2.75) is 19.8 Å². The van der Waals surface area contributed by atoms with Crippen molar-refractivity contribution in [2.24, 2.45) is 0 Å². The molecule has 0 saturated carbocycles. The van der Waals surface area contributed by atoms with E-state index in [0.29, 0.717) is 12.1 Å². The van der Waals surface area contributed by atoms with Crippen molar-refractivity contribution in [1.29, 1.82) is 0 Å². The lowest BCUT2D eigenvalue weighted by Crippen LogP contribution is -2.28. The Bertz CT molecular complexity index is 593. The van der Waals surface area contributed by atoms with E-state index in [0.717, 1.165) is 5.56 Å². The molecule has 2 N–H and O–H groups in total. The number of carbonyl (C=O) groups is 1. The number of carbonyl (C=O) groups excluding carboxylic acids is 1. The first-order chi connectivity index (χ1) is 9.58. The van der Waals surface area contributed by atoms with E-state index in [1.807, 2.05) is 25.1 Å². The minimum atomic E-state index is -0.106. The van der Waals surface area contributed by atoms with Crippen LogP contribution in [0.4, 0.5) is 0 Å². The molecule has 0 radical (unpaired) electrons. The van der Waals surface area contributed by atoms with Crippen molar-refractivity contribution in [2.75, 3.05) is 6.54 Å². The SMILES string of the molecule is Cc1cc(O)ccc1C(=O)NCC(C)c1ccccc1. The quantitative estimate of drug-likeness (QED) is 0.895. The second-order valence-electron chi connectivity index (χ2n) is 5.02. The van der Waals surface area contributed by atoms with Crippen LogP contribution in [0, 0.1) is 6.92 Å². The predicted octanol–water partition coefficient (Wildman–Crippen LogP) is 3.23. The van der Waals surface area contributed by atoms with Gasteiger partial charge in [0.05, 0.1) is 0 Å². The largest absolute Gasteiger partial charge is 0.508 e. The topological polar surface area (TPSA) is 49.3 Å². The van der Waals surface area contributed by atoms with E-state index >= 15 is 0 Å². The fourth-order valence-electron chi connectivity index (χ4n) is 2.14. The number of hydrogen-bond acceptors (Lipinski definition) is 2. The van der Waals surface area contributed by atoms with Crippen LogP contribution in [0.25, 0.3) is 0 Å². The summed E-state index contributed by atoms with van der Waals surface area (Å²) >= 11 is 0. The third-order valence-corrected chi connectivity index (χ3v) is 3.39. The Morgan fingerprint density at radius 3 is 2.55 bits per heavy atom. The molecule has 0 bridgehead atoms. The van der Waals surface area contributed by atoms with E-state index in [2.05, 4.69) is 24.4 Å².